The van der Waals surface area contributed by atoms with Gasteiger partial charge in [0, 0.05) is 32.4 Å². The second-order valence-electron chi connectivity index (χ2n) is 7.12. The number of rotatable bonds is 7. The van der Waals surface area contributed by atoms with Gasteiger partial charge in [0.05, 0.1) is 18.8 Å². The molecule has 26 heavy (non-hydrogen) atoms. The van der Waals surface area contributed by atoms with E-state index in [1.54, 1.807) is 7.11 Å². The summed E-state index contributed by atoms with van der Waals surface area (Å²) in [5, 5.41) is 16.3. The standard InChI is InChI=1S/C20H30N2O4/c1-15(23)22-17-8-11-20(12-9-18(17)24,16-6-4-3-5-7-16)14-21-19(25)10-13-26-2/h3-7,17-18,24H,8-14H2,1-2H3,(H,21,25)(H,22,23)/t17-,18-,20-/m0/s1. The minimum atomic E-state index is -0.575. The SMILES string of the molecule is COCCC(=O)NC[C@]1(c2ccccc2)CC[C@H](NC(C)=O)[C@@H](O)CC1. The van der Waals surface area contributed by atoms with E-state index in [1.165, 1.54) is 6.92 Å². The predicted octanol–water partition coefficient (Wildman–Crippen LogP) is 1.52. The van der Waals surface area contributed by atoms with Crippen LogP contribution in [0.15, 0.2) is 30.3 Å². The van der Waals surface area contributed by atoms with Crippen LogP contribution >= 0.6 is 0 Å². The van der Waals surface area contributed by atoms with E-state index in [0.717, 1.165) is 18.4 Å². The summed E-state index contributed by atoms with van der Waals surface area (Å²) >= 11 is 0. The third-order valence-corrected chi connectivity index (χ3v) is 5.25. The van der Waals surface area contributed by atoms with Crippen molar-refractivity contribution in [2.24, 2.45) is 0 Å². The molecule has 0 unspecified atom stereocenters. The van der Waals surface area contributed by atoms with Crippen molar-refractivity contribution >= 4 is 11.8 Å². The number of carbonyl (C=O) groups is 2. The Morgan fingerprint density at radius 3 is 2.58 bits per heavy atom. The molecular weight excluding hydrogens is 332 g/mol. The van der Waals surface area contributed by atoms with Crippen molar-refractivity contribution in [3.8, 4) is 0 Å². The summed E-state index contributed by atoms with van der Waals surface area (Å²) in [6, 6.07) is 9.87. The van der Waals surface area contributed by atoms with Crippen LogP contribution in [-0.4, -0.2) is 49.3 Å². The smallest absolute Gasteiger partial charge is 0.222 e. The maximum absolute atomic E-state index is 12.1. The predicted molar refractivity (Wildman–Crippen MR) is 99.7 cm³/mol. The summed E-state index contributed by atoms with van der Waals surface area (Å²) < 4.78 is 4.97. The van der Waals surface area contributed by atoms with Gasteiger partial charge in [-0.2, -0.15) is 0 Å². The molecule has 2 amide bonds. The highest BCUT2D eigenvalue weighted by Crippen LogP contribution is 2.38. The van der Waals surface area contributed by atoms with Crippen LogP contribution in [0.4, 0.5) is 0 Å². The molecule has 0 saturated heterocycles. The van der Waals surface area contributed by atoms with E-state index >= 15 is 0 Å². The van der Waals surface area contributed by atoms with Crippen molar-refractivity contribution in [1.29, 1.82) is 0 Å². The van der Waals surface area contributed by atoms with Crippen LogP contribution in [0.25, 0.3) is 0 Å². The molecule has 3 atom stereocenters. The van der Waals surface area contributed by atoms with E-state index in [0.29, 0.717) is 32.4 Å². The van der Waals surface area contributed by atoms with Gasteiger partial charge in [-0.3, -0.25) is 9.59 Å². The maximum Gasteiger partial charge on any atom is 0.222 e. The molecule has 1 aromatic rings. The lowest BCUT2D eigenvalue weighted by Gasteiger charge is -2.34. The van der Waals surface area contributed by atoms with E-state index in [-0.39, 0.29) is 23.3 Å². The number of methoxy groups -OCH3 is 1. The first-order valence-electron chi connectivity index (χ1n) is 9.23. The number of hydrogen-bond donors (Lipinski definition) is 3. The normalized spacial score (nSPS) is 26.0. The molecule has 0 aromatic heterocycles. The molecule has 0 aliphatic heterocycles. The highest BCUT2D eigenvalue weighted by atomic mass is 16.5. The van der Waals surface area contributed by atoms with Crippen molar-refractivity contribution in [3.05, 3.63) is 35.9 Å². The van der Waals surface area contributed by atoms with Gasteiger partial charge in [-0.25, -0.2) is 0 Å². The Labute approximate surface area is 155 Å². The fraction of sp³-hybridized carbons (Fsp3) is 0.600. The average molecular weight is 362 g/mol. The Morgan fingerprint density at radius 1 is 1.23 bits per heavy atom. The van der Waals surface area contributed by atoms with Crippen LogP contribution in [0.3, 0.4) is 0 Å². The lowest BCUT2D eigenvalue weighted by atomic mass is 9.74. The van der Waals surface area contributed by atoms with Gasteiger partial charge < -0.3 is 20.5 Å². The Morgan fingerprint density at radius 2 is 1.92 bits per heavy atom. The molecule has 0 radical (unpaired) electrons. The number of benzene rings is 1. The zero-order valence-electron chi connectivity index (χ0n) is 15.7. The molecule has 0 spiro atoms. The van der Waals surface area contributed by atoms with Gasteiger partial charge in [0.15, 0.2) is 0 Å². The molecule has 1 saturated carbocycles. The second-order valence-corrected chi connectivity index (χ2v) is 7.12. The van der Waals surface area contributed by atoms with Gasteiger partial charge in [-0.05, 0) is 31.2 Å². The zero-order valence-corrected chi connectivity index (χ0v) is 15.7. The van der Waals surface area contributed by atoms with Crippen LogP contribution in [0.1, 0.15) is 44.6 Å². The molecule has 1 aliphatic rings. The van der Waals surface area contributed by atoms with E-state index in [4.69, 9.17) is 4.74 Å². The molecule has 1 fully saturated rings. The molecule has 3 N–H and O–H groups in total. The molecule has 1 aliphatic carbocycles. The van der Waals surface area contributed by atoms with Crippen molar-refractivity contribution in [2.45, 2.75) is 56.6 Å². The third kappa shape index (κ3) is 5.54. The Hall–Kier alpha value is -1.92. The first-order chi connectivity index (χ1) is 12.5. The van der Waals surface area contributed by atoms with E-state index in [1.807, 2.05) is 18.2 Å². The van der Waals surface area contributed by atoms with E-state index in [2.05, 4.69) is 22.8 Å². The number of nitrogens with one attached hydrogen (secondary N) is 2. The van der Waals surface area contributed by atoms with Crippen LogP contribution in [-0.2, 0) is 19.7 Å². The lowest BCUT2D eigenvalue weighted by molar-refractivity contribution is -0.122. The van der Waals surface area contributed by atoms with E-state index in [9.17, 15) is 14.7 Å². The topological polar surface area (TPSA) is 87.7 Å². The van der Waals surface area contributed by atoms with Crippen LogP contribution in [0, 0.1) is 0 Å². The van der Waals surface area contributed by atoms with Gasteiger partial charge in [-0.1, -0.05) is 30.3 Å². The van der Waals surface area contributed by atoms with Crippen molar-refractivity contribution in [2.75, 3.05) is 20.3 Å². The van der Waals surface area contributed by atoms with Gasteiger partial charge in [0.2, 0.25) is 11.8 Å². The summed E-state index contributed by atoms with van der Waals surface area (Å²) in [7, 11) is 1.58. The lowest BCUT2D eigenvalue weighted by Crippen LogP contribution is -2.42. The molecule has 6 nitrogen and oxygen atoms in total. The summed E-state index contributed by atoms with van der Waals surface area (Å²) in [6.45, 7) is 2.38. The second kappa shape index (κ2) is 9.69. The monoisotopic (exact) mass is 362 g/mol. The van der Waals surface area contributed by atoms with Crippen molar-refractivity contribution in [1.82, 2.24) is 10.6 Å². The van der Waals surface area contributed by atoms with Gasteiger partial charge in [0.25, 0.3) is 0 Å². The Kier molecular flexibility index (Phi) is 7.60. The van der Waals surface area contributed by atoms with Crippen LogP contribution < -0.4 is 10.6 Å². The molecule has 2 rings (SSSR count). The number of hydrogen-bond acceptors (Lipinski definition) is 4. The van der Waals surface area contributed by atoms with Crippen LogP contribution in [0.2, 0.25) is 0 Å². The van der Waals surface area contributed by atoms with Crippen molar-refractivity contribution < 1.29 is 19.4 Å². The molecule has 144 valence electrons. The minimum Gasteiger partial charge on any atom is -0.391 e. The summed E-state index contributed by atoms with van der Waals surface area (Å²) in [6.07, 6.45) is 2.53. The molecule has 6 heteroatoms. The Bertz CT molecular complexity index is 593. The largest absolute Gasteiger partial charge is 0.391 e. The fourth-order valence-electron chi connectivity index (χ4n) is 3.71. The number of ether oxygens (including phenoxy) is 1. The highest BCUT2D eigenvalue weighted by Gasteiger charge is 2.38. The quantitative estimate of drug-likeness (QED) is 0.642. The summed E-state index contributed by atoms with van der Waals surface area (Å²) in [5.74, 6) is -0.167. The summed E-state index contributed by atoms with van der Waals surface area (Å²) in [4.78, 5) is 23.5. The van der Waals surface area contributed by atoms with Gasteiger partial charge in [0.1, 0.15) is 0 Å². The average Bonchev–Trinajstić information content (AvgIpc) is 2.79. The maximum atomic E-state index is 12.1. The molecule has 1 aromatic carbocycles. The van der Waals surface area contributed by atoms with Gasteiger partial charge in [-0.15, -0.1) is 0 Å². The fourth-order valence-corrected chi connectivity index (χ4v) is 3.71. The Balaban J connectivity index is 2.16. The molecule has 0 bridgehead atoms. The number of aliphatic hydroxyl groups excluding tert-OH is 1. The van der Waals surface area contributed by atoms with E-state index < -0.39 is 6.10 Å². The molecule has 0 heterocycles. The highest BCUT2D eigenvalue weighted by molar-refractivity contribution is 5.76. The van der Waals surface area contributed by atoms with Crippen molar-refractivity contribution in [3.63, 3.8) is 0 Å². The van der Waals surface area contributed by atoms with Gasteiger partial charge >= 0.3 is 0 Å². The molecular formula is C20H30N2O4. The first kappa shape index (κ1) is 20.4. The number of carbonyl (C=O) groups excluding carboxylic acids is 2. The minimum absolute atomic E-state index is 0.0367. The van der Waals surface area contributed by atoms with Crippen LogP contribution in [0.5, 0.6) is 0 Å². The zero-order chi connectivity index (χ0) is 19.0. The number of aliphatic hydroxyl groups is 1. The summed E-state index contributed by atoms with van der Waals surface area (Å²) in [5.41, 5.74) is 0.903. The number of amides is 2. The third-order valence-electron chi connectivity index (χ3n) is 5.25. The first-order valence-corrected chi connectivity index (χ1v) is 9.23.